The lowest BCUT2D eigenvalue weighted by molar-refractivity contribution is 1.07. The molecular formula is C7H6BrN3S. The van der Waals surface area contributed by atoms with Gasteiger partial charge in [-0.05, 0) is 41.3 Å². The zero-order valence-corrected chi connectivity index (χ0v) is 9.03. The van der Waals surface area contributed by atoms with Gasteiger partial charge in [-0.1, -0.05) is 0 Å². The molecule has 0 aromatic carbocycles. The fraction of sp³-hybridized carbons (Fsp3) is 0.286. The number of nitrogens with zero attached hydrogens (tertiary/aromatic N) is 3. The molecule has 0 atom stereocenters. The Kier molecular flexibility index (Phi) is 1.84. The summed E-state index contributed by atoms with van der Waals surface area (Å²) < 4.78 is 6.08. The maximum atomic E-state index is 4.30. The second-order valence-corrected chi connectivity index (χ2v) is 4.03. The smallest absolute Gasteiger partial charge is 0.129 e. The lowest BCUT2D eigenvalue weighted by Crippen LogP contribution is -1.88. The number of halogens is 1. The van der Waals surface area contributed by atoms with Crippen molar-refractivity contribution in [2.45, 2.75) is 13.8 Å². The predicted octanol–water partition coefficient (Wildman–Crippen LogP) is 2.47. The van der Waals surface area contributed by atoms with Gasteiger partial charge in [0.1, 0.15) is 20.6 Å². The number of rotatable bonds is 0. The zero-order valence-electron chi connectivity index (χ0n) is 6.63. The summed E-state index contributed by atoms with van der Waals surface area (Å²) in [4.78, 5) is 8.49. The number of aromatic nitrogens is 3. The lowest BCUT2D eigenvalue weighted by Gasteiger charge is -1.94. The van der Waals surface area contributed by atoms with Crippen molar-refractivity contribution in [2.24, 2.45) is 0 Å². The molecule has 2 aromatic rings. The molecule has 2 rings (SSSR count). The van der Waals surface area contributed by atoms with E-state index in [4.69, 9.17) is 0 Å². The summed E-state index contributed by atoms with van der Waals surface area (Å²) in [5.74, 6) is 0.776. The average Bonchev–Trinajstić information content (AvgIpc) is 2.33. The minimum Gasteiger partial charge on any atom is -0.230 e. The molecule has 2 heterocycles. The molecule has 0 aliphatic rings. The topological polar surface area (TPSA) is 38.7 Å². The number of fused-ring (bicyclic) bond motifs is 1. The van der Waals surface area contributed by atoms with Crippen LogP contribution in [0.4, 0.5) is 0 Å². The van der Waals surface area contributed by atoms with Crippen molar-refractivity contribution in [1.29, 1.82) is 0 Å². The lowest BCUT2D eigenvalue weighted by atomic mass is 10.4. The van der Waals surface area contributed by atoms with Crippen molar-refractivity contribution in [3.8, 4) is 0 Å². The molecule has 0 fully saturated rings. The summed E-state index contributed by atoms with van der Waals surface area (Å²) in [7, 11) is 0. The third-order valence-electron chi connectivity index (χ3n) is 1.55. The quantitative estimate of drug-likeness (QED) is 0.668. The molecule has 0 N–H and O–H groups in total. The molecular weight excluding hydrogens is 238 g/mol. The van der Waals surface area contributed by atoms with Crippen LogP contribution < -0.4 is 0 Å². The minimum atomic E-state index is 0.776. The SMILES string of the molecule is Cc1nc(Br)c2snc(C)c2n1. The maximum absolute atomic E-state index is 4.30. The second-order valence-electron chi connectivity index (χ2n) is 2.51. The van der Waals surface area contributed by atoms with Crippen LogP contribution in [0.5, 0.6) is 0 Å². The highest BCUT2D eigenvalue weighted by Crippen LogP contribution is 2.26. The van der Waals surface area contributed by atoms with Crippen molar-refractivity contribution >= 4 is 37.7 Å². The van der Waals surface area contributed by atoms with E-state index in [1.165, 1.54) is 11.5 Å². The van der Waals surface area contributed by atoms with Crippen molar-refractivity contribution in [2.75, 3.05) is 0 Å². The van der Waals surface area contributed by atoms with Gasteiger partial charge in [-0.25, -0.2) is 9.97 Å². The van der Waals surface area contributed by atoms with E-state index in [9.17, 15) is 0 Å². The molecule has 0 bridgehead atoms. The summed E-state index contributed by atoms with van der Waals surface area (Å²) in [5, 5.41) is 0. The summed E-state index contributed by atoms with van der Waals surface area (Å²) in [5.41, 5.74) is 1.93. The molecule has 3 nitrogen and oxygen atoms in total. The van der Waals surface area contributed by atoms with Crippen LogP contribution in [0.25, 0.3) is 10.2 Å². The van der Waals surface area contributed by atoms with Crippen LogP contribution in [0.1, 0.15) is 11.5 Å². The van der Waals surface area contributed by atoms with Gasteiger partial charge in [0.25, 0.3) is 0 Å². The van der Waals surface area contributed by atoms with Gasteiger partial charge in [-0.15, -0.1) is 0 Å². The molecule has 5 heteroatoms. The molecule has 2 aromatic heterocycles. The first kappa shape index (κ1) is 8.07. The highest BCUT2D eigenvalue weighted by atomic mass is 79.9. The van der Waals surface area contributed by atoms with Crippen molar-refractivity contribution in [3.63, 3.8) is 0 Å². The Bertz CT molecular complexity index is 437. The van der Waals surface area contributed by atoms with E-state index in [2.05, 4.69) is 30.3 Å². The Labute approximate surface area is 82.2 Å². The number of hydrogen-bond donors (Lipinski definition) is 0. The highest BCUT2D eigenvalue weighted by molar-refractivity contribution is 9.10. The summed E-state index contributed by atoms with van der Waals surface area (Å²) >= 11 is 4.81. The third-order valence-corrected chi connectivity index (χ3v) is 3.32. The molecule has 62 valence electrons. The molecule has 0 saturated carbocycles. The van der Waals surface area contributed by atoms with E-state index in [0.717, 1.165) is 26.3 Å². The van der Waals surface area contributed by atoms with E-state index in [-0.39, 0.29) is 0 Å². The monoisotopic (exact) mass is 243 g/mol. The number of hydrogen-bond acceptors (Lipinski definition) is 4. The van der Waals surface area contributed by atoms with E-state index >= 15 is 0 Å². The third kappa shape index (κ3) is 1.13. The molecule has 0 saturated heterocycles. The van der Waals surface area contributed by atoms with Crippen LogP contribution in [0.3, 0.4) is 0 Å². The van der Waals surface area contributed by atoms with Gasteiger partial charge in [0, 0.05) is 0 Å². The Balaban J connectivity index is 2.92. The van der Waals surface area contributed by atoms with Crippen LogP contribution in [0.2, 0.25) is 0 Å². The average molecular weight is 244 g/mol. The Morgan fingerprint density at radius 3 is 2.75 bits per heavy atom. The van der Waals surface area contributed by atoms with Gasteiger partial charge in [0.2, 0.25) is 0 Å². The molecule has 0 spiro atoms. The zero-order chi connectivity index (χ0) is 8.72. The van der Waals surface area contributed by atoms with Gasteiger partial charge in [0.05, 0.1) is 5.69 Å². The molecule has 12 heavy (non-hydrogen) atoms. The largest absolute Gasteiger partial charge is 0.230 e. The van der Waals surface area contributed by atoms with Crippen LogP contribution >= 0.6 is 27.5 Å². The standard InChI is InChI=1S/C7H6BrN3S/c1-3-5-6(12-11-3)7(8)10-4(2)9-5/h1-2H3. The van der Waals surface area contributed by atoms with Crippen LogP contribution in [-0.2, 0) is 0 Å². The second kappa shape index (κ2) is 2.74. The molecule has 0 aliphatic carbocycles. The summed E-state index contributed by atoms with van der Waals surface area (Å²) in [6.45, 7) is 3.83. The molecule has 0 radical (unpaired) electrons. The number of aryl methyl sites for hydroxylation is 2. The first-order chi connectivity index (χ1) is 5.68. The van der Waals surface area contributed by atoms with E-state index in [1.807, 2.05) is 13.8 Å². The van der Waals surface area contributed by atoms with Crippen molar-refractivity contribution in [1.82, 2.24) is 14.3 Å². The van der Waals surface area contributed by atoms with Gasteiger partial charge in [-0.2, -0.15) is 4.37 Å². The van der Waals surface area contributed by atoms with Gasteiger partial charge in [-0.3, -0.25) is 0 Å². The first-order valence-corrected chi connectivity index (χ1v) is 5.01. The fourth-order valence-corrected chi connectivity index (χ4v) is 2.39. The van der Waals surface area contributed by atoms with Crippen molar-refractivity contribution < 1.29 is 0 Å². The van der Waals surface area contributed by atoms with Crippen molar-refractivity contribution in [3.05, 3.63) is 16.1 Å². The fourth-order valence-electron chi connectivity index (χ4n) is 1.01. The van der Waals surface area contributed by atoms with Gasteiger partial charge < -0.3 is 0 Å². The highest BCUT2D eigenvalue weighted by Gasteiger charge is 2.08. The Morgan fingerprint density at radius 1 is 1.25 bits per heavy atom. The summed E-state index contributed by atoms with van der Waals surface area (Å²) in [6.07, 6.45) is 0. The molecule has 0 unspecified atom stereocenters. The Hall–Kier alpha value is -0.550. The predicted molar refractivity (Wildman–Crippen MR) is 52.4 cm³/mol. The normalized spacial score (nSPS) is 10.9. The van der Waals surface area contributed by atoms with Gasteiger partial charge in [0.15, 0.2) is 0 Å². The van der Waals surface area contributed by atoms with E-state index in [1.54, 1.807) is 0 Å². The maximum Gasteiger partial charge on any atom is 0.129 e. The van der Waals surface area contributed by atoms with E-state index < -0.39 is 0 Å². The minimum absolute atomic E-state index is 0.776. The van der Waals surface area contributed by atoms with Crippen LogP contribution in [0.15, 0.2) is 4.60 Å². The van der Waals surface area contributed by atoms with Crippen LogP contribution in [0, 0.1) is 13.8 Å². The van der Waals surface area contributed by atoms with Crippen LogP contribution in [-0.4, -0.2) is 14.3 Å². The first-order valence-electron chi connectivity index (χ1n) is 3.44. The molecule has 0 amide bonds. The van der Waals surface area contributed by atoms with Gasteiger partial charge >= 0.3 is 0 Å². The molecule has 0 aliphatic heterocycles. The summed E-state index contributed by atoms with van der Waals surface area (Å²) in [6, 6.07) is 0. The Morgan fingerprint density at radius 2 is 2.00 bits per heavy atom. The van der Waals surface area contributed by atoms with E-state index in [0.29, 0.717) is 0 Å².